The quantitative estimate of drug-likeness (QED) is 0.807. The average Bonchev–Trinajstić information content (AvgIpc) is 2.58. The van der Waals surface area contributed by atoms with E-state index >= 15 is 0 Å². The molecule has 0 aliphatic carbocycles. The van der Waals surface area contributed by atoms with Gasteiger partial charge in [-0.1, -0.05) is 6.92 Å². The van der Waals surface area contributed by atoms with Crippen LogP contribution in [-0.2, 0) is 9.59 Å². The molecule has 1 N–H and O–H groups in total. The molecule has 1 amide bonds. The van der Waals surface area contributed by atoms with Crippen LogP contribution in [0.2, 0.25) is 0 Å². The van der Waals surface area contributed by atoms with Gasteiger partial charge in [0.15, 0.2) is 5.78 Å². The van der Waals surface area contributed by atoms with E-state index in [4.69, 9.17) is 9.84 Å². The van der Waals surface area contributed by atoms with Crippen molar-refractivity contribution in [3.05, 3.63) is 29.8 Å². The van der Waals surface area contributed by atoms with Gasteiger partial charge in [0.1, 0.15) is 5.75 Å². The second kappa shape index (κ2) is 7.95. The molecule has 6 nitrogen and oxygen atoms in total. The third-order valence-corrected chi connectivity index (χ3v) is 4.34. The number of likely N-dealkylation sites (tertiary alicyclic amines) is 1. The number of carbonyl (C=O) groups is 3. The lowest BCUT2D eigenvalue weighted by Crippen LogP contribution is -2.45. The zero-order valence-electron chi connectivity index (χ0n) is 14.0. The number of carbonyl (C=O) groups excluding carboxylic acids is 2. The van der Waals surface area contributed by atoms with E-state index in [0.29, 0.717) is 24.3 Å². The molecule has 1 fully saturated rings. The maximum absolute atomic E-state index is 12.3. The van der Waals surface area contributed by atoms with Crippen molar-refractivity contribution in [3.8, 4) is 5.75 Å². The number of aliphatic carboxylic acids is 1. The average molecular weight is 333 g/mol. The highest BCUT2D eigenvalue weighted by Crippen LogP contribution is 2.23. The fraction of sp³-hybridized carbons (Fsp3) is 0.500. The first-order valence-corrected chi connectivity index (χ1v) is 8.08. The van der Waals surface area contributed by atoms with Crippen LogP contribution in [0, 0.1) is 11.8 Å². The Morgan fingerprint density at radius 1 is 1.17 bits per heavy atom. The fourth-order valence-electron chi connectivity index (χ4n) is 3.03. The van der Waals surface area contributed by atoms with E-state index in [1.54, 1.807) is 36.3 Å². The number of piperidine rings is 1. The molecule has 0 bridgehead atoms. The lowest BCUT2D eigenvalue weighted by molar-refractivity contribution is -0.146. The third-order valence-electron chi connectivity index (χ3n) is 4.34. The van der Waals surface area contributed by atoms with Crippen molar-refractivity contribution in [2.45, 2.75) is 26.2 Å². The summed E-state index contributed by atoms with van der Waals surface area (Å²) in [5.41, 5.74) is 0.541. The van der Waals surface area contributed by atoms with Crippen LogP contribution in [0.3, 0.4) is 0 Å². The van der Waals surface area contributed by atoms with Crippen molar-refractivity contribution in [2.24, 2.45) is 11.8 Å². The Hall–Kier alpha value is -2.37. The number of methoxy groups -OCH3 is 1. The van der Waals surface area contributed by atoms with Gasteiger partial charge in [-0.25, -0.2) is 0 Å². The molecule has 1 aliphatic heterocycles. The molecule has 130 valence electrons. The Labute approximate surface area is 141 Å². The predicted molar refractivity (Wildman–Crippen MR) is 88.0 cm³/mol. The predicted octanol–water partition coefficient (Wildman–Crippen LogP) is 2.23. The number of amides is 1. The molecule has 1 saturated heterocycles. The van der Waals surface area contributed by atoms with Crippen LogP contribution in [-0.4, -0.2) is 47.9 Å². The van der Waals surface area contributed by atoms with E-state index in [1.807, 2.05) is 6.92 Å². The highest BCUT2D eigenvalue weighted by Gasteiger charge is 2.31. The van der Waals surface area contributed by atoms with Crippen LogP contribution in [0.4, 0.5) is 0 Å². The lowest BCUT2D eigenvalue weighted by Gasteiger charge is -2.34. The maximum atomic E-state index is 12.3. The summed E-state index contributed by atoms with van der Waals surface area (Å²) in [5, 5.41) is 9.16. The Kier molecular flexibility index (Phi) is 5.95. The fourth-order valence-corrected chi connectivity index (χ4v) is 3.03. The topological polar surface area (TPSA) is 83.9 Å². The smallest absolute Gasteiger partial charge is 0.308 e. The minimum Gasteiger partial charge on any atom is -0.497 e. The first kappa shape index (κ1) is 18.0. The van der Waals surface area contributed by atoms with Crippen molar-refractivity contribution < 1.29 is 24.2 Å². The van der Waals surface area contributed by atoms with Gasteiger partial charge in [0.05, 0.1) is 13.0 Å². The van der Waals surface area contributed by atoms with Crippen LogP contribution in [0.25, 0.3) is 0 Å². The van der Waals surface area contributed by atoms with E-state index in [2.05, 4.69) is 0 Å². The summed E-state index contributed by atoms with van der Waals surface area (Å²) in [6, 6.07) is 6.77. The summed E-state index contributed by atoms with van der Waals surface area (Å²) >= 11 is 0. The van der Waals surface area contributed by atoms with Gasteiger partial charge in [-0.3, -0.25) is 14.4 Å². The van der Waals surface area contributed by atoms with Gasteiger partial charge in [0.25, 0.3) is 0 Å². The molecule has 6 heteroatoms. The maximum Gasteiger partial charge on any atom is 0.308 e. The number of carboxylic acids is 1. The van der Waals surface area contributed by atoms with Crippen LogP contribution in [0.15, 0.2) is 24.3 Å². The first-order chi connectivity index (χ1) is 11.4. The molecule has 0 aromatic heterocycles. The Balaban J connectivity index is 1.89. The highest BCUT2D eigenvalue weighted by molar-refractivity contribution is 5.98. The SMILES string of the molecule is COc1ccc(C(=O)CCC(=O)N2CC(C)CC(C(=O)O)C2)cc1. The van der Waals surface area contributed by atoms with E-state index < -0.39 is 11.9 Å². The van der Waals surface area contributed by atoms with Crippen LogP contribution in [0.1, 0.15) is 36.5 Å². The lowest BCUT2D eigenvalue weighted by atomic mass is 9.90. The molecule has 2 rings (SSSR count). The number of ketones is 1. The van der Waals surface area contributed by atoms with Gasteiger partial charge >= 0.3 is 5.97 Å². The highest BCUT2D eigenvalue weighted by atomic mass is 16.5. The summed E-state index contributed by atoms with van der Waals surface area (Å²) in [6.45, 7) is 2.73. The van der Waals surface area contributed by atoms with E-state index in [-0.39, 0.29) is 37.0 Å². The molecule has 2 unspecified atom stereocenters. The van der Waals surface area contributed by atoms with Crippen molar-refractivity contribution in [1.82, 2.24) is 4.90 Å². The standard InChI is InChI=1S/C18H23NO5/c1-12-9-14(18(22)23)11-19(10-12)17(21)8-7-16(20)13-3-5-15(24-2)6-4-13/h3-6,12,14H,7-11H2,1-2H3,(H,22,23). The van der Waals surface area contributed by atoms with Crippen molar-refractivity contribution in [1.29, 1.82) is 0 Å². The van der Waals surface area contributed by atoms with E-state index in [0.717, 1.165) is 0 Å². The Morgan fingerprint density at radius 2 is 1.83 bits per heavy atom. The number of hydrogen-bond acceptors (Lipinski definition) is 4. The summed E-state index contributed by atoms with van der Waals surface area (Å²) < 4.78 is 5.05. The number of Topliss-reactive ketones (excluding diaryl/α,β-unsaturated/α-hetero) is 1. The molecule has 0 saturated carbocycles. The van der Waals surface area contributed by atoms with Crippen LogP contribution in [0.5, 0.6) is 5.75 Å². The van der Waals surface area contributed by atoms with Crippen LogP contribution < -0.4 is 4.74 Å². The van der Waals surface area contributed by atoms with Gasteiger partial charge in [-0.15, -0.1) is 0 Å². The first-order valence-electron chi connectivity index (χ1n) is 8.08. The number of nitrogens with zero attached hydrogens (tertiary/aromatic N) is 1. The number of benzene rings is 1. The third kappa shape index (κ3) is 4.57. The van der Waals surface area contributed by atoms with Crippen molar-refractivity contribution in [2.75, 3.05) is 20.2 Å². The van der Waals surface area contributed by atoms with Gasteiger partial charge in [-0.2, -0.15) is 0 Å². The van der Waals surface area contributed by atoms with E-state index in [1.165, 1.54) is 0 Å². The summed E-state index contributed by atoms with van der Waals surface area (Å²) in [6.07, 6.45) is 0.807. The molecule has 1 heterocycles. The number of hydrogen-bond donors (Lipinski definition) is 1. The monoisotopic (exact) mass is 333 g/mol. The van der Waals surface area contributed by atoms with Crippen LogP contribution >= 0.6 is 0 Å². The Morgan fingerprint density at radius 3 is 2.42 bits per heavy atom. The second-order valence-electron chi connectivity index (χ2n) is 6.33. The second-order valence-corrected chi connectivity index (χ2v) is 6.33. The molecule has 0 spiro atoms. The zero-order valence-corrected chi connectivity index (χ0v) is 14.0. The van der Waals surface area contributed by atoms with Gasteiger partial charge in [0.2, 0.25) is 5.91 Å². The molecular formula is C18H23NO5. The summed E-state index contributed by atoms with van der Waals surface area (Å²) in [4.78, 5) is 37.2. The molecule has 2 atom stereocenters. The van der Waals surface area contributed by atoms with Gasteiger partial charge in [-0.05, 0) is 36.6 Å². The van der Waals surface area contributed by atoms with Gasteiger partial charge < -0.3 is 14.7 Å². The normalized spacial score (nSPS) is 20.5. The molecule has 1 aromatic carbocycles. The minimum atomic E-state index is -0.867. The van der Waals surface area contributed by atoms with Crippen molar-refractivity contribution >= 4 is 17.7 Å². The molecule has 1 aliphatic rings. The molecular weight excluding hydrogens is 310 g/mol. The van der Waals surface area contributed by atoms with E-state index in [9.17, 15) is 14.4 Å². The summed E-state index contributed by atoms with van der Waals surface area (Å²) in [5.74, 6) is -0.824. The van der Waals surface area contributed by atoms with Crippen molar-refractivity contribution in [3.63, 3.8) is 0 Å². The summed E-state index contributed by atoms with van der Waals surface area (Å²) in [7, 11) is 1.56. The minimum absolute atomic E-state index is 0.101. The number of rotatable bonds is 6. The molecule has 0 radical (unpaired) electrons. The molecule has 1 aromatic rings. The van der Waals surface area contributed by atoms with Gasteiger partial charge in [0, 0.05) is 31.5 Å². The largest absolute Gasteiger partial charge is 0.497 e. The zero-order chi connectivity index (χ0) is 17.7. The number of carboxylic acid groups (broad SMARTS) is 1. The Bertz CT molecular complexity index is 610. The number of ether oxygens (including phenoxy) is 1. The molecule has 24 heavy (non-hydrogen) atoms.